The van der Waals surface area contributed by atoms with Crippen LogP contribution in [-0.2, 0) is 37.4 Å². The molecule has 2 heterocycles. The third-order valence-electron chi connectivity index (χ3n) is 11.3. The lowest BCUT2D eigenvalue weighted by molar-refractivity contribution is -0.141. The number of hydrogen-bond acceptors (Lipinski definition) is 13. The van der Waals surface area contributed by atoms with E-state index in [0.29, 0.717) is 51.6 Å². The first-order chi connectivity index (χ1) is 31.9. The van der Waals surface area contributed by atoms with E-state index < -0.39 is 53.7 Å². The van der Waals surface area contributed by atoms with Crippen LogP contribution in [0.25, 0.3) is 22.4 Å². The van der Waals surface area contributed by atoms with E-state index in [1.54, 1.807) is 42.5 Å². The minimum Gasteiger partial charge on any atom is -0.492 e. The number of nitrogen functional groups attached to an aromatic ring is 1. The highest BCUT2D eigenvalue weighted by Gasteiger charge is 2.36. The van der Waals surface area contributed by atoms with Crippen LogP contribution >= 0.6 is 0 Å². The van der Waals surface area contributed by atoms with Crippen LogP contribution < -0.4 is 53.7 Å². The summed E-state index contributed by atoms with van der Waals surface area (Å²) in [4.78, 5) is 76.7. The van der Waals surface area contributed by atoms with Crippen LogP contribution in [0.5, 0.6) is 11.5 Å². The molecule has 4 bridgehead atoms. The number of aromatic nitrogens is 1. The number of ether oxygens (including phenoxy) is 2. The van der Waals surface area contributed by atoms with Gasteiger partial charge >= 0.3 is 0 Å². The summed E-state index contributed by atoms with van der Waals surface area (Å²) in [6.45, 7) is 10.00. The van der Waals surface area contributed by atoms with Gasteiger partial charge in [0.25, 0.3) is 5.91 Å². The second-order valence-corrected chi connectivity index (χ2v) is 17.3. The summed E-state index contributed by atoms with van der Waals surface area (Å²) < 4.78 is 12.2. The van der Waals surface area contributed by atoms with Gasteiger partial charge in [-0.15, -0.1) is 0 Å². The van der Waals surface area contributed by atoms with Crippen molar-refractivity contribution in [2.75, 3.05) is 52.2 Å². The van der Waals surface area contributed by atoms with Crippen molar-refractivity contribution in [2.24, 2.45) is 17.2 Å². The Kier molecular flexibility index (Phi) is 17.4. The largest absolute Gasteiger partial charge is 0.492 e. The van der Waals surface area contributed by atoms with Gasteiger partial charge in [0.2, 0.25) is 23.6 Å². The fourth-order valence-electron chi connectivity index (χ4n) is 7.79. The molecule has 5 amide bonds. The summed E-state index contributed by atoms with van der Waals surface area (Å²) in [6.07, 6.45) is 0.332. The number of benzene rings is 3. The number of carbonyl (C=O) groups excluding carboxylic acids is 5. The molecule has 0 radical (unpaired) electrons. The van der Waals surface area contributed by atoms with Gasteiger partial charge in [0.15, 0.2) is 0 Å². The third-order valence-corrected chi connectivity index (χ3v) is 11.3. The molecule has 18 heteroatoms. The van der Waals surface area contributed by atoms with E-state index in [4.69, 9.17) is 37.4 Å². The molecular weight excluding hydrogens is 855 g/mol. The molecule has 4 aromatic rings. The summed E-state index contributed by atoms with van der Waals surface area (Å²) in [7, 11) is 1.41. The Morgan fingerprint density at radius 2 is 1.55 bits per heavy atom. The molecule has 4 atom stereocenters. The summed E-state index contributed by atoms with van der Waals surface area (Å²) in [5.41, 5.74) is 29.4. The summed E-state index contributed by atoms with van der Waals surface area (Å²) >= 11 is 0. The highest BCUT2D eigenvalue weighted by atomic mass is 16.5. The van der Waals surface area contributed by atoms with Crippen LogP contribution in [0.4, 0.5) is 5.69 Å². The predicted octanol–water partition coefficient (Wildman–Crippen LogP) is 2.36. The molecular formula is C49H63N11O7. The molecule has 356 valence electrons. The lowest BCUT2D eigenvalue weighted by Crippen LogP contribution is -2.56. The van der Waals surface area contributed by atoms with Crippen LogP contribution in [0.1, 0.15) is 79.8 Å². The normalized spacial score (nSPS) is 16.6. The highest BCUT2D eigenvalue weighted by Crippen LogP contribution is 2.40. The van der Waals surface area contributed by atoms with Crippen molar-refractivity contribution < 1.29 is 33.4 Å². The van der Waals surface area contributed by atoms with Crippen molar-refractivity contribution in [3.05, 3.63) is 94.7 Å². The van der Waals surface area contributed by atoms with Crippen LogP contribution in [0, 0.1) is 11.3 Å². The third kappa shape index (κ3) is 12.4. The van der Waals surface area contributed by atoms with E-state index in [0.717, 1.165) is 11.1 Å². The van der Waals surface area contributed by atoms with Gasteiger partial charge in [-0.25, -0.2) is 0 Å². The number of carbonyl (C=O) groups is 5. The number of rotatable bonds is 16. The molecule has 12 N–H and O–H groups in total. The standard InChI is InChI=1S/C49H63N11O7/c1-7-36-42(35(54)27-38(57-36)30-9-12-32(13-10-30)49(3,4)5)46(63)58-37(16-17-50)48(65)60(6)43-31-11-15-41(67-23-20-53)34(26-31)33-24-29(8-14-40(33)66-22-19-52)25-39(45(62)55-21-18-51)59-44(61)28(2)56-47(43)64/h8-15,24,26-28,37,39,43H,7,16-17,19-23,25,50,52-53H2,1-6H3,(H2,54,57)(H,55,62)(H,56,64)(H,58,63)(H,59,61). The van der Waals surface area contributed by atoms with Crippen LogP contribution in [0.3, 0.4) is 0 Å². The van der Waals surface area contributed by atoms with Crippen molar-refractivity contribution in [1.29, 1.82) is 5.26 Å². The molecule has 0 aliphatic carbocycles. The lowest BCUT2D eigenvalue weighted by Gasteiger charge is -2.32. The highest BCUT2D eigenvalue weighted by molar-refractivity contribution is 6.03. The van der Waals surface area contributed by atoms with E-state index >= 15 is 0 Å². The van der Waals surface area contributed by atoms with Gasteiger partial charge in [0.1, 0.15) is 55.4 Å². The van der Waals surface area contributed by atoms with Gasteiger partial charge in [0, 0.05) is 48.9 Å². The number of likely N-dealkylation sites (N-methyl/N-ethyl adjacent to an activating group) is 1. The fraction of sp³-hybridized carbons (Fsp3) is 0.408. The number of nitrogens with zero attached hydrogens (tertiary/aromatic N) is 3. The average molecular weight is 918 g/mol. The minimum atomic E-state index is -1.42. The number of nitrogens with two attached hydrogens (primary N) is 4. The molecule has 3 aromatic carbocycles. The quantitative estimate of drug-likeness (QED) is 0.0750. The fourth-order valence-corrected chi connectivity index (χ4v) is 7.79. The summed E-state index contributed by atoms with van der Waals surface area (Å²) in [5.74, 6) is -2.66. The maximum absolute atomic E-state index is 14.8. The molecule has 0 fully saturated rings. The molecule has 4 unspecified atom stereocenters. The van der Waals surface area contributed by atoms with E-state index in [1.165, 1.54) is 18.9 Å². The van der Waals surface area contributed by atoms with Crippen LogP contribution in [0.15, 0.2) is 66.7 Å². The monoisotopic (exact) mass is 917 g/mol. The number of aryl methyl sites for hydroxylation is 1. The molecule has 1 aliphatic rings. The number of nitrogens with one attached hydrogen (secondary N) is 4. The molecule has 67 heavy (non-hydrogen) atoms. The van der Waals surface area contributed by atoms with E-state index in [1.807, 2.05) is 37.3 Å². The second-order valence-electron chi connectivity index (χ2n) is 17.3. The first-order valence-electron chi connectivity index (χ1n) is 22.3. The Hall–Kier alpha value is -7.07. The van der Waals surface area contributed by atoms with E-state index in [9.17, 15) is 29.2 Å². The van der Waals surface area contributed by atoms with E-state index in [-0.39, 0.29) is 68.9 Å². The molecule has 18 nitrogen and oxygen atoms in total. The zero-order chi connectivity index (χ0) is 49.0. The Morgan fingerprint density at radius 1 is 0.910 bits per heavy atom. The van der Waals surface area contributed by atoms with E-state index in [2.05, 4.69) is 42.0 Å². The Labute approximate surface area is 391 Å². The van der Waals surface area contributed by atoms with Crippen molar-refractivity contribution in [2.45, 2.75) is 83.5 Å². The topological polar surface area (TPSA) is 296 Å². The molecule has 1 aromatic heterocycles. The van der Waals surface area contributed by atoms with Gasteiger partial charge < -0.3 is 58.6 Å². The number of pyridine rings is 1. The zero-order valence-electron chi connectivity index (χ0n) is 39.0. The van der Waals surface area contributed by atoms with Crippen molar-refractivity contribution in [3.63, 3.8) is 0 Å². The molecule has 1 aliphatic heterocycles. The van der Waals surface area contributed by atoms with Gasteiger partial charge in [0.05, 0.1) is 23.0 Å². The van der Waals surface area contributed by atoms with Gasteiger partial charge in [-0.2, -0.15) is 5.26 Å². The first-order valence-corrected chi connectivity index (χ1v) is 22.3. The van der Waals surface area contributed by atoms with Crippen molar-refractivity contribution in [1.82, 2.24) is 31.2 Å². The maximum atomic E-state index is 14.8. The average Bonchev–Trinajstić information content (AvgIpc) is 3.30. The van der Waals surface area contributed by atoms with Crippen molar-refractivity contribution in [3.8, 4) is 40.0 Å². The SMILES string of the molecule is CCc1nc(-c2ccc(C(C)(C)C)cc2)cc(N)c1C(=O)NC(CCN)C(=O)N(C)C1C(=O)NC(C)C(=O)NC(C(=O)NCC#N)Cc2ccc(OCCN)c(c2)-c2cc1ccc2OCCN. The molecule has 5 rings (SSSR count). The number of fused-ring (bicyclic) bond motifs is 5. The lowest BCUT2D eigenvalue weighted by atomic mass is 9.86. The molecule has 0 saturated heterocycles. The number of amides is 5. The smallest absolute Gasteiger partial charge is 0.255 e. The Morgan fingerprint density at radius 3 is 2.15 bits per heavy atom. The molecule has 0 saturated carbocycles. The predicted molar refractivity (Wildman–Crippen MR) is 255 cm³/mol. The van der Waals surface area contributed by atoms with Crippen LogP contribution in [0.2, 0.25) is 0 Å². The minimum absolute atomic E-state index is 0.00229. The second kappa shape index (κ2) is 22.9. The van der Waals surface area contributed by atoms with Gasteiger partial charge in [-0.05, 0) is 78.7 Å². The van der Waals surface area contributed by atoms with Gasteiger partial charge in [-0.1, -0.05) is 64.1 Å². The number of anilines is 1. The van der Waals surface area contributed by atoms with Gasteiger partial charge in [-0.3, -0.25) is 29.0 Å². The first kappa shape index (κ1) is 50.9. The van der Waals surface area contributed by atoms with Crippen molar-refractivity contribution >= 4 is 35.2 Å². The molecule has 0 spiro atoms. The summed E-state index contributed by atoms with van der Waals surface area (Å²) in [5, 5.41) is 19.9. The maximum Gasteiger partial charge on any atom is 0.255 e. The Bertz CT molecular complexity index is 2480. The summed E-state index contributed by atoms with van der Waals surface area (Å²) in [6, 6.07) is 16.6. The van der Waals surface area contributed by atoms with Crippen LogP contribution in [-0.4, -0.2) is 104 Å². The Balaban J connectivity index is 1.58. The number of nitriles is 1. The number of hydrogen-bond donors (Lipinski definition) is 8. The zero-order valence-corrected chi connectivity index (χ0v) is 39.0.